The zero-order valence-electron chi connectivity index (χ0n) is 14.4. The van der Waals surface area contributed by atoms with E-state index >= 15 is 0 Å². The highest BCUT2D eigenvalue weighted by Crippen LogP contribution is 2.16. The van der Waals surface area contributed by atoms with E-state index in [0.717, 1.165) is 25.9 Å². The van der Waals surface area contributed by atoms with Crippen LogP contribution in [0.15, 0.2) is 29.2 Å². The van der Waals surface area contributed by atoms with Gasteiger partial charge in [0.15, 0.2) is 0 Å². The molecule has 3 rings (SSSR count). The van der Waals surface area contributed by atoms with Gasteiger partial charge in [-0.3, -0.25) is 4.79 Å². The predicted molar refractivity (Wildman–Crippen MR) is 94.0 cm³/mol. The molecule has 25 heavy (non-hydrogen) atoms. The van der Waals surface area contributed by atoms with Crippen LogP contribution in [0.2, 0.25) is 0 Å². The Balaban J connectivity index is 1.65. The minimum absolute atomic E-state index is 0.0511. The summed E-state index contributed by atoms with van der Waals surface area (Å²) in [4.78, 5) is 14.6. The highest BCUT2D eigenvalue weighted by atomic mass is 32.2. The van der Waals surface area contributed by atoms with Gasteiger partial charge in [-0.15, -0.1) is 0 Å². The minimum Gasteiger partial charge on any atom is -0.377 e. The van der Waals surface area contributed by atoms with Crippen molar-refractivity contribution in [3.8, 4) is 0 Å². The third kappa shape index (κ3) is 4.38. The van der Waals surface area contributed by atoms with Crippen LogP contribution in [0.25, 0.3) is 0 Å². The first-order valence-corrected chi connectivity index (χ1v) is 10.2. The first kappa shape index (κ1) is 18.3. The highest BCUT2D eigenvalue weighted by molar-refractivity contribution is 7.89. The van der Waals surface area contributed by atoms with Gasteiger partial charge in [-0.2, -0.15) is 0 Å². The van der Waals surface area contributed by atoms with E-state index in [-0.39, 0.29) is 29.5 Å². The molecule has 7 nitrogen and oxygen atoms in total. The minimum atomic E-state index is -3.59. The highest BCUT2D eigenvalue weighted by Gasteiger charge is 2.25. The van der Waals surface area contributed by atoms with Gasteiger partial charge in [0.25, 0.3) is 5.91 Å². The van der Waals surface area contributed by atoms with Crippen LogP contribution in [0, 0.1) is 0 Å². The van der Waals surface area contributed by atoms with E-state index in [1.807, 2.05) is 11.8 Å². The molecule has 0 saturated carbocycles. The molecule has 0 bridgehead atoms. The molecule has 0 spiro atoms. The summed E-state index contributed by atoms with van der Waals surface area (Å²) in [6, 6.07) is 6.25. The lowest BCUT2D eigenvalue weighted by Gasteiger charge is -2.34. The number of benzene rings is 1. The molecule has 2 aliphatic rings. The summed E-state index contributed by atoms with van der Waals surface area (Å²) in [7, 11) is -3.59. The molecule has 2 atom stereocenters. The molecule has 2 aliphatic heterocycles. The van der Waals surface area contributed by atoms with Crippen LogP contribution < -0.4 is 10.0 Å². The van der Waals surface area contributed by atoms with Crippen molar-refractivity contribution in [1.29, 1.82) is 0 Å². The van der Waals surface area contributed by atoms with Crippen molar-refractivity contribution < 1.29 is 17.9 Å². The van der Waals surface area contributed by atoms with Crippen molar-refractivity contribution in [2.24, 2.45) is 0 Å². The Kier molecular flexibility index (Phi) is 5.73. The summed E-state index contributed by atoms with van der Waals surface area (Å²) in [6.07, 6.45) is 1.79. The fraction of sp³-hybridized carbons (Fsp3) is 0.588. The van der Waals surface area contributed by atoms with E-state index in [1.165, 1.54) is 12.1 Å². The SMILES string of the molecule is C[C@@H]1CNCCN1C(=O)c1ccc(S(=O)(=O)NCC2CCCO2)cc1. The Hall–Kier alpha value is -1.48. The summed E-state index contributed by atoms with van der Waals surface area (Å²) in [5.74, 6) is -0.0646. The van der Waals surface area contributed by atoms with Gasteiger partial charge in [-0.1, -0.05) is 0 Å². The Morgan fingerprint density at radius 2 is 2.12 bits per heavy atom. The van der Waals surface area contributed by atoms with Crippen LogP contribution in [-0.2, 0) is 14.8 Å². The Morgan fingerprint density at radius 1 is 1.36 bits per heavy atom. The van der Waals surface area contributed by atoms with Gasteiger partial charge < -0.3 is 15.0 Å². The second-order valence-corrected chi connectivity index (χ2v) is 8.33. The van der Waals surface area contributed by atoms with Crippen LogP contribution in [0.5, 0.6) is 0 Å². The standard InChI is InChI=1S/C17H25N3O4S/c1-13-11-18-8-9-20(13)17(21)14-4-6-16(7-5-14)25(22,23)19-12-15-3-2-10-24-15/h4-7,13,15,18-19H,2-3,8-12H2,1H3/t13-,15?/m1/s1. The molecule has 138 valence electrons. The lowest BCUT2D eigenvalue weighted by molar-refractivity contribution is 0.0655. The first-order valence-electron chi connectivity index (χ1n) is 8.70. The molecule has 2 heterocycles. The average molecular weight is 367 g/mol. The number of hydrogen-bond acceptors (Lipinski definition) is 5. The number of nitrogens with zero attached hydrogens (tertiary/aromatic N) is 1. The molecule has 1 amide bonds. The van der Waals surface area contributed by atoms with E-state index in [2.05, 4.69) is 10.0 Å². The second kappa shape index (κ2) is 7.82. The van der Waals surface area contributed by atoms with Gasteiger partial charge in [0.1, 0.15) is 0 Å². The van der Waals surface area contributed by atoms with Gasteiger partial charge >= 0.3 is 0 Å². The number of carbonyl (C=O) groups excluding carboxylic acids is 1. The molecule has 1 aromatic rings. The van der Waals surface area contributed by atoms with E-state index in [1.54, 1.807) is 12.1 Å². The van der Waals surface area contributed by atoms with Crippen molar-refractivity contribution in [2.75, 3.05) is 32.8 Å². The molecule has 2 N–H and O–H groups in total. The van der Waals surface area contributed by atoms with Crippen molar-refractivity contribution in [3.05, 3.63) is 29.8 Å². The number of ether oxygens (including phenoxy) is 1. The van der Waals surface area contributed by atoms with Crippen molar-refractivity contribution in [3.63, 3.8) is 0 Å². The number of rotatable bonds is 5. The van der Waals surface area contributed by atoms with Crippen LogP contribution >= 0.6 is 0 Å². The third-order valence-electron chi connectivity index (χ3n) is 4.70. The van der Waals surface area contributed by atoms with E-state index < -0.39 is 10.0 Å². The molecular weight excluding hydrogens is 342 g/mol. The summed E-state index contributed by atoms with van der Waals surface area (Å²) in [5, 5.41) is 3.25. The fourth-order valence-electron chi connectivity index (χ4n) is 3.18. The number of hydrogen-bond donors (Lipinski definition) is 2. The quantitative estimate of drug-likeness (QED) is 0.795. The van der Waals surface area contributed by atoms with Gasteiger partial charge in [0.05, 0.1) is 11.0 Å². The van der Waals surface area contributed by atoms with E-state index in [4.69, 9.17) is 4.74 Å². The maximum atomic E-state index is 12.6. The van der Waals surface area contributed by atoms with Gasteiger partial charge in [-0.05, 0) is 44.0 Å². The van der Waals surface area contributed by atoms with Crippen molar-refractivity contribution >= 4 is 15.9 Å². The summed E-state index contributed by atoms with van der Waals surface area (Å²) < 4.78 is 32.7. The Bertz CT molecular complexity index is 699. The Morgan fingerprint density at radius 3 is 2.76 bits per heavy atom. The molecule has 0 aromatic heterocycles. The maximum absolute atomic E-state index is 12.6. The largest absolute Gasteiger partial charge is 0.377 e. The number of carbonyl (C=O) groups is 1. The number of nitrogens with one attached hydrogen (secondary N) is 2. The third-order valence-corrected chi connectivity index (χ3v) is 6.14. The van der Waals surface area contributed by atoms with Gasteiger partial charge in [-0.25, -0.2) is 13.1 Å². The number of amides is 1. The molecule has 1 unspecified atom stereocenters. The molecular formula is C17H25N3O4S. The topological polar surface area (TPSA) is 87.7 Å². The molecule has 0 aliphatic carbocycles. The monoisotopic (exact) mass is 367 g/mol. The molecule has 2 saturated heterocycles. The van der Waals surface area contributed by atoms with Gasteiger partial charge in [0.2, 0.25) is 10.0 Å². The van der Waals surface area contributed by atoms with Crippen molar-refractivity contribution in [2.45, 2.75) is 36.8 Å². The van der Waals surface area contributed by atoms with Crippen LogP contribution in [0.4, 0.5) is 0 Å². The maximum Gasteiger partial charge on any atom is 0.254 e. The predicted octanol–water partition coefficient (Wildman–Crippen LogP) is 0.578. The lowest BCUT2D eigenvalue weighted by atomic mass is 10.1. The van der Waals surface area contributed by atoms with E-state index in [9.17, 15) is 13.2 Å². The first-order chi connectivity index (χ1) is 12.0. The van der Waals surface area contributed by atoms with Gasteiger partial charge in [0, 0.05) is 44.4 Å². The van der Waals surface area contributed by atoms with Crippen LogP contribution in [0.3, 0.4) is 0 Å². The van der Waals surface area contributed by atoms with Crippen LogP contribution in [-0.4, -0.2) is 64.2 Å². The summed E-state index contributed by atoms with van der Waals surface area (Å²) in [6.45, 7) is 5.16. The zero-order valence-corrected chi connectivity index (χ0v) is 15.2. The molecule has 2 fully saturated rings. The zero-order chi connectivity index (χ0) is 17.9. The number of sulfonamides is 1. The molecule has 0 radical (unpaired) electrons. The average Bonchev–Trinajstić information content (AvgIpc) is 3.14. The van der Waals surface area contributed by atoms with E-state index in [0.29, 0.717) is 18.7 Å². The fourth-order valence-corrected chi connectivity index (χ4v) is 4.24. The van der Waals surface area contributed by atoms with Crippen LogP contribution in [0.1, 0.15) is 30.1 Å². The summed E-state index contributed by atoms with van der Waals surface area (Å²) in [5.41, 5.74) is 0.506. The lowest BCUT2D eigenvalue weighted by Crippen LogP contribution is -2.52. The molecule has 1 aromatic carbocycles. The van der Waals surface area contributed by atoms with Crippen molar-refractivity contribution in [1.82, 2.24) is 14.9 Å². The summed E-state index contributed by atoms with van der Waals surface area (Å²) >= 11 is 0. The second-order valence-electron chi connectivity index (χ2n) is 6.56. The number of piperazine rings is 1. The Labute approximate surface area is 148 Å². The molecule has 8 heteroatoms. The smallest absolute Gasteiger partial charge is 0.254 e. The normalized spacial score (nSPS) is 24.4.